The third kappa shape index (κ3) is 6.49. The predicted molar refractivity (Wildman–Crippen MR) is 76.6 cm³/mol. The zero-order valence-corrected chi connectivity index (χ0v) is 12.3. The van der Waals surface area contributed by atoms with Crippen LogP contribution in [-0.2, 0) is 16.1 Å². The van der Waals surface area contributed by atoms with Crippen LogP contribution in [0, 0.1) is 0 Å². The number of rotatable bonds is 9. The number of carbonyl (C=O) groups excluding carboxylic acids is 1. The number of hydrogen-bond donors (Lipinski definition) is 2. The minimum Gasteiger partial charge on any atom is -0.482 e. The van der Waals surface area contributed by atoms with Crippen LogP contribution in [0.1, 0.15) is 19.5 Å². The van der Waals surface area contributed by atoms with Crippen molar-refractivity contribution in [1.29, 1.82) is 0 Å². The van der Waals surface area contributed by atoms with Crippen molar-refractivity contribution in [2.75, 3.05) is 26.9 Å². The van der Waals surface area contributed by atoms with E-state index in [0.29, 0.717) is 12.4 Å². The third-order valence-electron chi connectivity index (χ3n) is 2.55. The lowest BCUT2D eigenvalue weighted by Gasteiger charge is -2.13. The van der Waals surface area contributed by atoms with Crippen molar-refractivity contribution in [2.24, 2.45) is 0 Å². The first kappa shape index (κ1) is 16.4. The normalized spacial score (nSPS) is 11.9. The van der Waals surface area contributed by atoms with Crippen molar-refractivity contribution in [3.05, 3.63) is 24.0 Å². The van der Waals surface area contributed by atoms with Gasteiger partial charge < -0.3 is 20.1 Å². The molecule has 2 N–H and O–H groups in total. The number of nitrogens with zero attached hydrogens (tertiary/aromatic N) is 1. The molecular weight excluding hydrogens is 258 g/mol. The second-order valence-corrected chi connectivity index (χ2v) is 4.48. The highest BCUT2D eigenvalue weighted by Gasteiger charge is 2.07. The molecule has 0 aliphatic carbocycles. The minimum atomic E-state index is -0.175. The van der Waals surface area contributed by atoms with Crippen LogP contribution >= 0.6 is 0 Å². The second-order valence-electron chi connectivity index (χ2n) is 4.48. The first-order valence-electron chi connectivity index (χ1n) is 6.72. The molecule has 20 heavy (non-hydrogen) atoms. The van der Waals surface area contributed by atoms with Gasteiger partial charge in [0.2, 0.25) is 0 Å². The van der Waals surface area contributed by atoms with Gasteiger partial charge in [-0.1, -0.05) is 6.92 Å². The van der Waals surface area contributed by atoms with Gasteiger partial charge in [0.1, 0.15) is 5.75 Å². The fraction of sp³-hybridized carbons (Fsp3) is 0.571. The highest BCUT2D eigenvalue weighted by molar-refractivity contribution is 5.77. The molecule has 112 valence electrons. The lowest BCUT2D eigenvalue weighted by atomic mass is 10.3. The van der Waals surface area contributed by atoms with Crippen molar-refractivity contribution >= 4 is 5.91 Å². The van der Waals surface area contributed by atoms with Crippen LogP contribution in [0.15, 0.2) is 18.3 Å². The van der Waals surface area contributed by atoms with Gasteiger partial charge in [-0.25, -0.2) is 0 Å². The molecule has 0 radical (unpaired) electrons. The summed E-state index contributed by atoms with van der Waals surface area (Å²) in [5.41, 5.74) is 0.942. The van der Waals surface area contributed by atoms with Gasteiger partial charge in [-0.15, -0.1) is 0 Å². The number of aromatic nitrogens is 1. The van der Waals surface area contributed by atoms with Crippen molar-refractivity contribution < 1.29 is 14.3 Å². The van der Waals surface area contributed by atoms with E-state index in [1.165, 1.54) is 0 Å². The number of hydrogen-bond acceptors (Lipinski definition) is 5. The fourth-order valence-electron chi connectivity index (χ4n) is 1.61. The Morgan fingerprint density at radius 3 is 2.85 bits per heavy atom. The number of methoxy groups -OCH3 is 1. The van der Waals surface area contributed by atoms with Gasteiger partial charge >= 0.3 is 0 Å². The maximum atomic E-state index is 11.6. The summed E-state index contributed by atoms with van der Waals surface area (Å²) in [6.45, 7) is 6.00. The van der Waals surface area contributed by atoms with Crippen LogP contribution in [0.3, 0.4) is 0 Å². The standard InChI is InChI=1S/C14H23N3O3/c1-4-15-7-12-5-6-13(8-16-12)20-10-14(18)17-11(2)9-19-3/h5-6,8,11,15H,4,7,9-10H2,1-3H3,(H,17,18). The van der Waals surface area contributed by atoms with E-state index in [1.807, 2.05) is 26.0 Å². The molecule has 0 aliphatic rings. The van der Waals surface area contributed by atoms with Gasteiger partial charge in [-0.05, 0) is 25.6 Å². The summed E-state index contributed by atoms with van der Waals surface area (Å²) in [7, 11) is 1.60. The topological polar surface area (TPSA) is 72.5 Å². The fourth-order valence-corrected chi connectivity index (χ4v) is 1.61. The van der Waals surface area contributed by atoms with Crippen LogP contribution in [0.2, 0.25) is 0 Å². The molecule has 1 atom stereocenters. The maximum absolute atomic E-state index is 11.6. The number of pyridine rings is 1. The lowest BCUT2D eigenvalue weighted by Crippen LogP contribution is -2.38. The van der Waals surface area contributed by atoms with Gasteiger partial charge in [0.25, 0.3) is 5.91 Å². The van der Waals surface area contributed by atoms with Crippen LogP contribution in [0.25, 0.3) is 0 Å². The largest absolute Gasteiger partial charge is 0.482 e. The van der Waals surface area contributed by atoms with Crippen LogP contribution in [0.5, 0.6) is 5.75 Å². The average Bonchev–Trinajstić information content (AvgIpc) is 2.44. The number of ether oxygens (including phenoxy) is 2. The van der Waals surface area contributed by atoms with Gasteiger partial charge in [-0.2, -0.15) is 0 Å². The van der Waals surface area contributed by atoms with Crippen molar-refractivity contribution in [2.45, 2.75) is 26.4 Å². The van der Waals surface area contributed by atoms with E-state index < -0.39 is 0 Å². The molecular formula is C14H23N3O3. The Morgan fingerprint density at radius 2 is 2.25 bits per heavy atom. The summed E-state index contributed by atoms with van der Waals surface area (Å²) in [5, 5.41) is 5.96. The van der Waals surface area contributed by atoms with E-state index in [9.17, 15) is 4.79 Å². The van der Waals surface area contributed by atoms with Crippen LogP contribution in [-0.4, -0.2) is 43.8 Å². The smallest absolute Gasteiger partial charge is 0.258 e. The van der Waals surface area contributed by atoms with E-state index in [4.69, 9.17) is 9.47 Å². The average molecular weight is 281 g/mol. The monoisotopic (exact) mass is 281 g/mol. The zero-order chi connectivity index (χ0) is 14.8. The Morgan fingerprint density at radius 1 is 1.45 bits per heavy atom. The third-order valence-corrected chi connectivity index (χ3v) is 2.55. The van der Waals surface area contributed by atoms with E-state index in [0.717, 1.165) is 18.8 Å². The molecule has 0 aromatic carbocycles. The summed E-state index contributed by atoms with van der Waals surface area (Å²) < 4.78 is 10.3. The summed E-state index contributed by atoms with van der Waals surface area (Å²) in [5.74, 6) is 0.408. The number of carbonyl (C=O) groups is 1. The Hall–Kier alpha value is -1.66. The first-order chi connectivity index (χ1) is 9.65. The van der Waals surface area contributed by atoms with Crippen LogP contribution < -0.4 is 15.4 Å². The number of amides is 1. The second kappa shape index (κ2) is 9.28. The summed E-state index contributed by atoms with van der Waals surface area (Å²) >= 11 is 0. The molecule has 0 saturated heterocycles. The highest BCUT2D eigenvalue weighted by Crippen LogP contribution is 2.08. The van der Waals surface area contributed by atoms with Crippen molar-refractivity contribution in [3.8, 4) is 5.75 Å². The highest BCUT2D eigenvalue weighted by atomic mass is 16.5. The minimum absolute atomic E-state index is 0.0255. The summed E-state index contributed by atoms with van der Waals surface area (Å²) in [6, 6.07) is 3.66. The molecule has 0 fully saturated rings. The predicted octanol–water partition coefficient (Wildman–Crippen LogP) is 0.721. The molecule has 1 amide bonds. The first-order valence-corrected chi connectivity index (χ1v) is 6.72. The van der Waals surface area contributed by atoms with E-state index in [-0.39, 0.29) is 18.6 Å². The summed E-state index contributed by atoms with van der Waals surface area (Å²) in [6.07, 6.45) is 1.62. The van der Waals surface area contributed by atoms with E-state index >= 15 is 0 Å². The Kier molecular flexibility index (Phi) is 7.60. The maximum Gasteiger partial charge on any atom is 0.258 e. The molecule has 6 heteroatoms. The number of nitrogens with one attached hydrogen (secondary N) is 2. The van der Waals surface area contributed by atoms with E-state index in [1.54, 1.807) is 13.3 Å². The van der Waals surface area contributed by atoms with Gasteiger partial charge in [0.05, 0.1) is 18.5 Å². The molecule has 0 spiro atoms. The van der Waals surface area contributed by atoms with Gasteiger partial charge in [-0.3, -0.25) is 9.78 Å². The molecule has 0 aliphatic heterocycles. The molecule has 0 bridgehead atoms. The molecule has 6 nitrogen and oxygen atoms in total. The quantitative estimate of drug-likeness (QED) is 0.698. The van der Waals surface area contributed by atoms with Gasteiger partial charge in [0.15, 0.2) is 6.61 Å². The molecule has 1 rings (SSSR count). The summed E-state index contributed by atoms with van der Waals surface area (Å²) in [4.78, 5) is 15.8. The van der Waals surface area contributed by atoms with E-state index in [2.05, 4.69) is 15.6 Å². The zero-order valence-electron chi connectivity index (χ0n) is 12.3. The molecule has 1 aromatic rings. The van der Waals surface area contributed by atoms with Crippen molar-refractivity contribution in [3.63, 3.8) is 0 Å². The Balaban J connectivity index is 2.32. The Labute approximate surface area is 119 Å². The SMILES string of the molecule is CCNCc1ccc(OCC(=O)NC(C)COC)cn1. The lowest BCUT2D eigenvalue weighted by molar-refractivity contribution is -0.124. The molecule has 1 heterocycles. The van der Waals surface area contributed by atoms with Crippen molar-refractivity contribution in [1.82, 2.24) is 15.6 Å². The Bertz CT molecular complexity index is 395. The molecule has 0 saturated carbocycles. The molecule has 1 unspecified atom stereocenters. The molecule has 1 aromatic heterocycles. The van der Waals surface area contributed by atoms with Gasteiger partial charge in [0, 0.05) is 19.7 Å². The van der Waals surface area contributed by atoms with Crippen LogP contribution in [0.4, 0.5) is 0 Å².